The highest BCUT2D eigenvalue weighted by atomic mass is 16.5. The summed E-state index contributed by atoms with van der Waals surface area (Å²) in [5.74, 6) is 0.416. The van der Waals surface area contributed by atoms with Gasteiger partial charge >= 0.3 is 12.0 Å². The zero-order valence-corrected chi connectivity index (χ0v) is 22.3. The van der Waals surface area contributed by atoms with Crippen LogP contribution in [0.15, 0.2) is 36.5 Å². The predicted molar refractivity (Wildman–Crippen MR) is 144 cm³/mol. The monoisotopic (exact) mass is 482 g/mol. The third-order valence-electron chi connectivity index (χ3n) is 6.53. The van der Waals surface area contributed by atoms with Gasteiger partial charge in [0, 0.05) is 11.8 Å². The Hall–Kier alpha value is -2.43. The molecule has 5 heteroatoms. The van der Waals surface area contributed by atoms with Gasteiger partial charge in [0.15, 0.2) is 0 Å². The van der Waals surface area contributed by atoms with Gasteiger partial charge in [-0.1, -0.05) is 122 Å². The van der Waals surface area contributed by atoms with Crippen LogP contribution in [0.25, 0.3) is 11.3 Å². The number of hydrogen-bond donors (Lipinski definition) is 0. The number of unbranched alkanes of at least 4 members (excludes halogenated alkanes) is 9. The second-order valence-corrected chi connectivity index (χ2v) is 9.60. The van der Waals surface area contributed by atoms with Gasteiger partial charge in [0.1, 0.15) is 5.56 Å². The number of carbonyl (C=O) groups excluding carboxylic acids is 1. The quantitative estimate of drug-likeness (QED) is 0.148. The smallest absolute Gasteiger partial charge is 0.341 e. The van der Waals surface area contributed by atoms with Crippen LogP contribution in [-0.2, 0) is 4.74 Å². The summed E-state index contributed by atoms with van der Waals surface area (Å²) in [6.45, 7) is 7.79. The van der Waals surface area contributed by atoms with Crippen molar-refractivity contribution in [2.75, 3.05) is 13.2 Å². The van der Waals surface area contributed by atoms with Gasteiger partial charge < -0.3 is 9.47 Å². The highest BCUT2D eigenvalue weighted by Gasteiger charge is 2.18. The van der Waals surface area contributed by atoms with E-state index in [1.807, 2.05) is 30.3 Å². The molecule has 1 atom stereocenters. The lowest BCUT2D eigenvalue weighted by Crippen LogP contribution is -2.11. The first-order chi connectivity index (χ1) is 17.2. The lowest BCUT2D eigenvalue weighted by Gasteiger charge is -2.11. The van der Waals surface area contributed by atoms with Crippen LogP contribution in [0.3, 0.4) is 0 Å². The van der Waals surface area contributed by atoms with E-state index in [0.29, 0.717) is 30.5 Å². The molecule has 0 fully saturated rings. The van der Waals surface area contributed by atoms with Gasteiger partial charge in [-0.3, -0.25) is 0 Å². The Morgan fingerprint density at radius 1 is 0.857 bits per heavy atom. The molecule has 0 aliphatic heterocycles. The average molecular weight is 483 g/mol. The Bertz CT molecular complexity index is 826. The summed E-state index contributed by atoms with van der Waals surface area (Å²) in [5, 5.41) is 0. The Kier molecular flexibility index (Phi) is 14.8. The minimum Gasteiger partial charge on any atom is -0.463 e. The third kappa shape index (κ3) is 11.7. The molecule has 1 unspecified atom stereocenters. The van der Waals surface area contributed by atoms with E-state index in [0.717, 1.165) is 37.2 Å². The number of carbonyl (C=O) groups is 1. The maximum atomic E-state index is 12.8. The molecule has 35 heavy (non-hydrogen) atoms. The molecular weight excluding hydrogens is 436 g/mol. The number of hydrogen-bond acceptors (Lipinski definition) is 5. The Labute approximate surface area is 213 Å². The number of ether oxygens (including phenoxy) is 2. The molecule has 0 bridgehead atoms. The van der Waals surface area contributed by atoms with E-state index in [4.69, 9.17) is 9.47 Å². The van der Waals surface area contributed by atoms with Gasteiger partial charge in [0.2, 0.25) is 0 Å². The van der Waals surface area contributed by atoms with Crippen molar-refractivity contribution in [3.8, 4) is 17.3 Å². The molecular formula is C30H46N2O3. The van der Waals surface area contributed by atoms with Gasteiger partial charge in [0.05, 0.1) is 18.9 Å². The van der Waals surface area contributed by atoms with Gasteiger partial charge in [-0.25, -0.2) is 9.78 Å². The van der Waals surface area contributed by atoms with E-state index in [9.17, 15) is 4.79 Å². The summed E-state index contributed by atoms with van der Waals surface area (Å²) in [6.07, 6.45) is 17.0. The van der Waals surface area contributed by atoms with E-state index in [2.05, 4.69) is 30.7 Å². The van der Waals surface area contributed by atoms with Crippen molar-refractivity contribution in [1.29, 1.82) is 0 Å². The molecule has 194 valence electrons. The fourth-order valence-electron chi connectivity index (χ4n) is 4.02. The zero-order valence-electron chi connectivity index (χ0n) is 22.3. The predicted octanol–water partition coefficient (Wildman–Crippen LogP) is 8.43. The zero-order chi connectivity index (χ0) is 25.1. The molecule has 1 aromatic heterocycles. The Morgan fingerprint density at radius 2 is 1.51 bits per heavy atom. The lowest BCUT2D eigenvalue weighted by molar-refractivity contribution is 0.0497. The van der Waals surface area contributed by atoms with Crippen LogP contribution >= 0.6 is 0 Å². The van der Waals surface area contributed by atoms with Crippen LogP contribution in [0.4, 0.5) is 0 Å². The van der Waals surface area contributed by atoms with Crippen molar-refractivity contribution in [2.24, 2.45) is 5.92 Å². The highest BCUT2D eigenvalue weighted by molar-refractivity contribution is 5.95. The molecule has 0 saturated carbocycles. The Morgan fingerprint density at radius 3 is 2.23 bits per heavy atom. The molecule has 0 N–H and O–H groups in total. The van der Waals surface area contributed by atoms with Crippen molar-refractivity contribution in [3.63, 3.8) is 0 Å². The molecule has 2 aromatic rings. The van der Waals surface area contributed by atoms with Crippen LogP contribution in [0.2, 0.25) is 0 Å². The summed E-state index contributed by atoms with van der Waals surface area (Å²) in [4.78, 5) is 21.7. The first-order valence-corrected chi connectivity index (χ1v) is 13.9. The van der Waals surface area contributed by atoms with E-state index < -0.39 is 0 Å². The second-order valence-electron chi connectivity index (χ2n) is 9.60. The maximum absolute atomic E-state index is 12.8. The van der Waals surface area contributed by atoms with Crippen LogP contribution in [-0.4, -0.2) is 29.2 Å². The largest absolute Gasteiger partial charge is 0.463 e. The summed E-state index contributed by atoms with van der Waals surface area (Å²) < 4.78 is 11.4. The highest BCUT2D eigenvalue weighted by Crippen LogP contribution is 2.24. The molecule has 0 aliphatic rings. The number of rotatable bonds is 19. The SMILES string of the molecule is CCCCCCCCCCOC(=O)c1cnc(OCCCCCC(C)CC)nc1-c1ccccc1. The first kappa shape index (κ1) is 28.8. The summed E-state index contributed by atoms with van der Waals surface area (Å²) in [5.41, 5.74) is 1.80. The van der Waals surface area contributed by atoms with Crippen LogP contribution in [0, 0.1) is 5.92 Å². The molecule has 0 radical (unpaired) electrons. The normalized spacial score (nSPS) is 11.9. The number of benzene rings is 1. The molecule has 0 saturated heterocycles. The minimum atomic E-state index is -0.372. The van der Waals surface area contributed by atoms with Crippen molar-refractivity contribution in [3.05, 3.63) is 42.1 Å². The van der Waals surface area contributed by atoms with Crippen molar-refractivity contribution in [1.82, 2.24) is 9.97 Å². The molecule has 1 aromatic carbocycles. The van der Waals surface area contributed by atoms with Crippen LogP contribution in [0.1, 0.15) is 115 Å². The van der Waals surface area contributed by atoms with Crippen LogP contribution < -0.4 is 4.74 Å². The summed E-state index contributed by atoms with van der Waals surface area (Å²) in [7, 11) is 0. The summed E-state index contributed by atoms with van der Waals surface area (Å²) in [6, 6.07) is 10.0. The van der Waals surface area contributed by atoms with Gasteiger partial charge in [0.25, 0.3) is 0 Å². The summed E-state index contributed by atoms with van der Waals surface area (Å²) >= 11 is 0. The van der Waals surface area contributed by atoms with E-state index in [1.54, 1.807) is 6.20 Å². The number of aromatic nitrogens is 2. The lowest BCUT2D eigenvalue weighted by atomic mass is 10.0. The Balaban J connectivity index is 1.85. The molecule has 0 aliphatic carbocycles. The van der Waals surface area contributed by atoms with E-state index >= 15 is 0 Å². The molecule has 0 amide bonds. The number of esters is 1. The minimum absolute atomic E-state index is 0.311. The van der Waals surface area contributed by atoms with Gasteiger partial charge in [-0.05, 0) is 18.8 Å². The fraction of sp³-hybridized carbons (Fsp3) is 0.633. The second kappa shape index (κ2) is 17.9. The molecule has 1 heterocycles. The van der Waals surface area contributed by atoms with Crippen molar-refractivity contribution >= 4 is 5.97 Å². The van der Waals surface area contributed by atoms with E-state index in [1.165, 1.54) is 57.8 Å². The topological polar surface area (TPSA) is 61.3 Å². The standard InChI is InChI=1S/C30H46N2O3/c1-4-6-7-8-9-10-11-17-22-34-29(33)27-24-31-30(32-28(27)26-20-15-12-16-21-26)35-23-18-13-14-19-25(3)5-2/h12,15-16,20-21,24-25H,4-11,13-14,17-19,22-23H2,1-3H3. The van der Waals surface area contributed by atoms with Gasteiger partial charge in [-0.15, -0.1) is 0 Å². The number of nitrogens with zero attached hydrogens (tertiary/aromatic N) is 2. The van der Waals surface area contributed by atoms with Gasteiger partial charge in [-0.2, -0.15) is 4.98 Å². The van der Waals surface area contributed by atoms with Crippen molar-refractivity contribution < 1.29 is 14.3 Å². The molecule has 0 spiro atoms. The van der Waals surface area contributed by atoms with Crippen molar-refractivity contribution in [2.45, 2.75) is 104 Å². The third-order valence-corrected chi connectivity index (χ3v) is 6.53. The molecule has 5 nitrogen and oxygen atoms in total. The maximum Gasteiger partial charge on any atom is 0.341 e. The molecule has 2 rings (SSSR count). The van der Waals surface area contributed by atoms with E-state index in [-0.39, 0.29) is 5.97 Å². The van der Waals surface area contributed by atoms with Crippen LogP contribution in [0.5, 0.6) is 6.01 Å². The first-order valence-electron chi connectivity index (χ1n) is 13.9. The average Bonchev–Trinajstić information content (AvgIpc) is 2.89. The fourth-order valence-corrected chi connectivity index (χ4v) is 4.02.